The minimum absolute atomic E-state index is 0.0243. The summed E-state index contributed by atoms with van der Waals surface area (Å²) in [6, 6.07) is 6.21. The molecule has 3 rings (SSSR count). The molecule has 0 radical (unpaired) electrons. The lowest BCUT2D eigenvalue weighted by Crippen LogP contribution is -2.42. The van der Waals surface area contributed by atoms with Crippen molar-refractivity contribution in [1.82, 2.24) is 20.3 Å². The molecule has 0 unspecified atom stereocenters. The van der Waals surface area contributed by atoms with Crippen LogP contribution in [0.2, 0.25) is 0 Å². The van der Waals surface area contributed by atoms with Crippen molar-refractivity contribution in [3.63, 3.8) is 0 Å². The number of nitrogens with zero attached hydrogens (tertiary/aromatic N) is 3. The van der Waals surface area contributed by atoms with Crippen LogP contribution < -0.4 is 16.0 Å². The second-order valence-electron chi connectivity index (χ2n) is 8.23. The van der Waals surface area contributed by atoms with Gasteiger partial charge in [-0.1, -0.05) is 0 Å². The number of alkyl halides is 1. The summed E-state index contributed by atoms with van der Waals surface area (Å²) in [4.78, 5) is 25.1. The molecule has 0 aliphatic heterocycles. The molecule has 0 aliphatic carbocycles. The number of hydrogen-bond acceptors (Lipinski definition) is 7. The largest absolute Gasteiger partial charge is 0.387 e. The number of hydrogen-bond donors (Lipinski definition) is 4. The Balaban J connectivity index is 1.85. The minimum atomic E-state index is -1.64. The summed E-state index contributed by atoms with van der Waals surface area (Å²) >= 11 is 0. The van der Waals surface area contributed by atoms with Crippen molar-refractivity contribution in [3.05, 3.63) is 48.0 Å². The van der Waals surface area contributed by atoms with Crippen LogP contribution >= 0.6 is 0 Å². The van der Waals surface area contributed by atoms with Gasteiger partial charge in [0.25, 0.3) is 5.91 Å². The van der Waals surface area contributed by atoms with Crippen LogP contribution in [0.15, 0.2) is 36.7 Å². The Morgan fingerprint density at radius 1 is 1.22 bits per heavy atom. The van der Waals surface area contributed by atoms with Gasteiger partial charge in [-0.25, -0.2) is 18.7 Å². The Morgan fingerprint density at radius 2 is 1.97 bits per heavy atom. The number of anilines is 3. The topological polar surface area (TPSA) is 112 Å². The number of pyridine rings is 3. The SMILES string of the molecule is CC(C)Nc1cc(Nc2nc3cccnc3cc2F)ncc1C(=O)NC[C@@H](F)C(C)(C)O. The first-order valence-corrected chi connectivity index (χ1v) is 10.1. The Kier molecular flexibility index (Phi) is 6.83. The van der Waals surface area contributed by atoms with Crippen LogP contribution in [0.4, 0.5) is 26.1 Å². The number of carbonyl (C=O) groups is 1. The van der Waals surface area contributed by atoms with Crippen LogP contribution in [-0.2, 0) is 0 Å². The van der Waals surface area contributed by atoms with E-state index in [1.807, 2.05) is 13.8 Å². The molecular formula is C22H26F2N6O2. The van der Waals surface area contributed by atoms with E-state index in [2.05, 4.69) is 30.9 Å². The van der Waals surface area contributed by atoms with Crippen molar-refractivity contribution in [1.29, 1.82) is 0 Å². The number of carbonyl (C=O) groups excluding carboxylic acids is 1. The smallest absolute Gasteiger partial charge is 0.255 e. The van der Waals surface area contributed by atoms with Crippen LogP contribution in [0.1, 0.15) is 38.1 Å². The van der Waals surface area contributed by atoms with Gasteiger partial charge in [-0.2, -0.15) is 0 Å². The van der Waals surface area contributed by atoms with Crippen molar-refractivity contribution in [2.45, 2.75) is 45.5 Å². The lowest BCUT2D eigenvalue weighted by molar-refractivity contribution is -0.00177. The van der Waals surface area contributed by atoms with Crippen LogP contribution in [0.25, 0.3) is 11.0 Å². The first kappa shape index (κ1) is 23.3. The lowest BCUT2D eigenvalue weighted by Gasteiger charge is -2.23. The van der Waals surface area contributed by atoms with Gasteiger partial charge in [0.15, 0.2) is 11.6 Å². The molecule has 3 aromatic heterocycles. The maximum absolute atomic E-state index is 14.5. The van der Waals surface area contributed by atoms with Crippen molar-refractivity contribution < 1.29 is 18.7 Å². The van der Waals surface area contributed by atoms with Crippen LogP contribution in [0.3, 0.4) is 0 Å². The fourth-order valence-electron chi connectivity index (χ4n) is 2.85. The number of nitrogens with one attached hydrogen (secondary N) is 3. The second kappa shape index (κ2) is 9.39. The van der Waals surface area contributed by atoms with E-state index >= 15 is 0 Å². The minimum Gasteiger partial charge on any atom is -0.387 e. The predicted molar refractivity (Wildman–Crippen MR) is 119 cm³/mol. The molecule has 0 aliphatic rings. The highest BCUT2D eigenvalue weighted by Crippen LogP contribution is 2.24. The average molecular weight is 444 g/mol. The summed E-state index contributed by atoms with van der Waals surface area (Å²) in [5.74, 6) is -0.922. The molecule has 1 amide bonds. The van der Waals surface area contributed by atoms with Gasteiger partial charge in [0.1, 0.15) is 12.0 Å². The van der Waals surface area contributed by atoms with E-state index < -0.39 is 23.5 Å². The molecule has 0 saturated carbocycles. The van der Waals surface area contributed by atoms with Gasteiger partial charge in [0, 0.05) is 30.6 Å². The molecule has 4 N–H and O–H groups in total. The van der Waals surface area contributed by atoms with E-state index in [4.69, 9.17) is 0 Å². The molecule has 32 heavy (non-hydrogen) atoms. The van der Waals surface area contributed by atoms with E-state index in [0.717, 1.165) is 0 Å². The van der Waals surface area contributed by atoms with Gasteiger partial charge >= 0.3 is 0 Å². The highest BCUT2D eigenvalue weighted by Gasteiger charge is 2.27. The molecule has 0 bridgehead atoms. The standard InChI is InChI=1S/C22H26F2N6O2/c1-12(2)28-16-9-19(26-10-13(16)21(31)27-11-18(24)22(3,4)32)30-20-14(23)8-17-15(29-20)6-5-7-25-17/h5-10,12,18,32H,11H2,1-4H3,(H,27,31)(H2,26,28,29,30)/t18-/m1/s1. The monoisotopic (exact) mass is 444 g/mol. The van der Waals surface area contributed by atoms with E-state index in [1.165, 1.54) is 26.1 Å². The third kappa shape index (κ3) is 5.64. The molecule has 3 aromatic rings. The molecule has 1 atom stereocenters. The fraction of sp³-hybridized carbons (Fsp3) is 0.364. The van der Waals surface area contributed by atoms with Crippen molar-refractivity contribution >= 4 is 34.3 Å². The van der Waals surface area contributed by atoms with Crippen LogP contribution in [-0.4, -0.2) is 50.3 Å². The highest BCUT2D eigenvalue weighted by atomic mass is 19.1. The first-order valence-electron chi connectivity index (χ1n) is 10.1. The number of amides is 1. The Hall–Kier alpha value is -3.40. The number of rotatable bonds is 8. The molecule has 170 valence electrons. The zero-order chi connectivity index (χ0) is 23.5. The van der Waals surface area contributed by atoms with Gasteiger partial charge < -0.3 is 21.1 Å². The first-order chi connectivity index (χ1) is 15.0. The molecule has 8 nitrogen and oxygen atoms in total. The number of aliphatic hydroxyl groups is 1. The molecule has 10 heteroatoms. The number of halogens is 2. The van der Waals surface area contributed by atoms with Gasteiger partial charge in [-0.05, 0) is 39.8 Å². The average Bonchev–Trinajstić information content (AvgIpc) is 2.71. The molecule has 0 aromatic carbocycles. The van der Waals surface area contributed by atoms with E-state index in [0.29, 0.717) is 16.7 Å². The molecular weight excluding hydrogens is 418 g/mol. The zero-order valence-corrected chi connectivity index (χ0v) is 18.3. The van der Waals surface area contributed by atoms with Crippen molar-refractivity contribution in [2.75, 3.05) is 17.2 Å². The maximum Gasteiger partial charge on any atom is 0.255 e. The normalized spacial score (nSPS) is 12.6. The molecule has 0 fully saturated rings. The summed E-state index contributed by atoms with van der Waals surface area (Å²) in [5.41, 5.74) is -0.0274. The van der Waals surface area contributed by atoms with Gasteiger partial charge in [-0.3, -0.25) is 9.78 Å². The zero-order valence-electron chi connectivity index (χ0n) is 18.3. The van der Waals surface area contributed by atoms with Crippen molar-refractivity contribution in [2.24, 2.45) is 0 Å². The molecule has 0 saturated heterocycles. The highest BCUT2D eigenvalue weighted by molar-refractivity contribution is 5.99. The quantitative estimate of drug-likeness (QED) is 0.420. The third-order valence-corrected chi connectivity index (χ3v) is 4.59. The maximum atomic E-state index is 14.5. The Bertz CT molecular complexity index is 1120. The summed E-state index contributed by atoms with van der Waals surface area (Å²) in [6.45, 7) is 6.07. The number of aromatic nitrogens is 3. The second-order valence-corrected chi connectivity index (χ2v) is 8.23. The summed E-state index contributed by atoms with van der Waals surface area (Å²) in [6.07, 6.45) is 1.22. The summed E-state index contributed by atoms with van der Waals surface area (Å²) in [7, 11) is 0. The summed E-state index contributed by atoms with van der Waals surface area (Å²) in [5, 5.41) is 18.1. The van der Waals surface area contributed by atoms with Gasteiger partial charge in [0.05, 0.1) is 34.4 Å². The molecule has 0 spiro atoms. The van der Waals surface area contributed by atoms with Gasteiger partial charge in [0.2, 0.25) is 0 Å². The van der Waals surface area contributed by atoms with Gasteiger partial charge in [-0.15, -0.1) is 0 Å². The van der Waals surface area contributed by atoms with Crippen molar-refractivity contribution in [3.8, 4) is 0 Å². The molecule has 3 heterocycles. The number of fused-ring (bicyclic) bond motifs is 1. The Morgan fingerprint density at radius 3 is 2.66 bits per heavy atom. The Labute approximate surface area is 184 Å². The van der Waals surface area contributed by atoms with E-state index in [-0.39, 0.29) is 29.8 Å². The third-order valence-electron chi connectivity index (χ3n) is 4.59. The van der Waals surface area contributed by atoms with Crippen LogP contribution in [0, 0.1) is 5.82 Å². The summed E-state index contributed by atoms with van der Waals surface area (Å²) < 4.78 is 28.5. The predicted octanol–water partition coefficient (Wildman–Crippen LogP) is 3.57. The van der Waals surface area contributed by atoms with E-state index in [9.17, 15) is 18.7 Å². The lowest BCUT2D eigenvalue weighted by atomic mass is 10.0. The van der Waals surface area contributed by atoms with E-state index in [1.54, 1.807) is 24.4 Å². The fourth-order valence-corrected chi connectivity index (χ4v) is 2.85. The van der Waals surface area contributed by atoms with Crippen LogP contribution in [0.5, 0.6) is 0 Å².